The normalized spacial score (nSPS) is 34.2. The topological polar surface area (TPSA) is 0 Å². The van der Waals surface area contributed by atoms with Crippen LogP contribution in [0, 0.1) is 11.3 Å². The molecule has 2 rings (SSSR count). The zero-order valence-electron chi connectivity index (χ0n) is 9.60. The molecule has 1 fully saturated rings. The maximum absolute atomic E-state index is 2.54. The highest BCUT2D eigenvalue weighted by Gasteiger charge is 2.39. The van der Waals surface area contributed by atoms with Crippen molar-refractivity contribution in [2.75, 3.05) is 0 Å². The quantitative estimate of drug-likeness (QED) is 0.422. The molecule has 0 spiro atoms. The Hall–Kier alpha value is -0.260. The highest BCUT2D eigenvalue weighted by Crippen LogP contribution is 2.51. The lowest BCUT2D eigenvalue weighted by Gasteiger charge is -2.23. The van der Waals surface area contributed by atoms with Gasteiger partial charge in [-0.1, -0.05) is 51.2 Å². The lowest BCUT2D eigenvalue weighted by atomic mass is 9.82. The molecule has 0 radical (unpaired) electrons. The highest BCUT2D eigenvalue weighted by atomic mass is 14.4. The molecular weight excluding hydrogens is 168 g/mol. The number of hydrogen-bond donors (Lipinski definition) is 0. The average molecular weight is 192 g/mol. The Morgan fingerprint density at radius 1 is 1.21 bits per heavy atom. The first-order valence-electron chi connectivity index (χ1n) is 6.54. The van der Waals surface area contributed by atoms with Gasteiger partial charge < -0.3 is 0 Å². The maximum Gasteiger partial charge on any atom is -0.0112 e. The molecule has 0 heterocycles. The summed E-state index contributed by atoms with van der Waals surface area (Å²) in [5, 5.41) is 0. The van der Waals surface area contributed by atoms with Gasteiger partial charge in [-0.2, -0.15) is 0 Å². The van der Waals surface area contributed by atoms with E-state index in [1.165, 1.54) is 57.8 Å². The van der Waals surface area contributed by atoms with Crippen molar-refractivity contribution in [2.24, 2.45) is 11.3 Å². The van der Waals surface area contributed by atoms with E-state index in [1.54, 1.807) is 0 Å². The smallest absolute Gasteiger partial charge is 0.0112 e. The van der Waals surface area contributed by atoms with Crippen LogP contribution in [0.1, 0.15) is 64.7 Å². The van der Waals surface area contributed by atoms with Crippen LogP contribution in [0.4, 0.5) is 0 Å². The van der Waals surface area contributed by atoms with Crippen LogP contribution in [0.25, 0.3) is 0 Å². The summed E-state index contributed by atoms with van der Waals surface area (Å²) in [5.41, 5.74) is 0.677. The van der Waals surface area contributed by atoms with E-state index in [1.807, 2.05) is 0 Å². The van der Waals surface area contributed by atoms with Crippen LogP contribution in [0.3, 0.4) is 0 Å². The third kappa shape index (κ3) is 2.21. The summed E-state index contributed by atoms with van der Waals surface area (Å²) < 4.78 is 0. The lowest BCUT2D eigenvalue weighted by Crippen LogP contribution is -2.10. The first kappa shape index (κ1) is 10.3. The largest absolute Gasteiger partial charge is 0.0848 e. The van der Waals surface area contributed by atoms with E-state index in [0.717, 1.165) is 5.92 Å². The average Bonchev–Trinajstić information content (AvgIpc) is 2.77. The zero-order valence-corrected chi connectivity index (χ0v) is 9.60. The third-order valence-corrected chi connectivity index (χ3v) is 4.18. The van der Waals surface area contributed by atoms with Gasteiger partial charge in [-0.05, 0) is 37.0 Å². The van der Waals surface area contributed by atoms with Gasteiger partial charge in [-0.15, -0.1) is 0 Å². The molecule has 0 saturated heterocycles. The van der Waals surface area contributed by atoms with E-state index in [4.69, 9.17) is 0 Å². The molecule has 0 unspecified atom stereocenters. The minimum atomic E-state index is 0.677. The SMILES string of the molecule is CCCCCCC[C@@]12C=C[C@@H](CC1)C2. The summed E-state index contributed by atoms with van der Waals surface area (Å²) in [6.45, 7) is 2.29. The summed E-state index contributed by atoms with van der Waals surface area (Å²) in [6, 6.07) is 0. The van der Waals surface area contributed by atoms with Gasteiger partial charge in [0.05, 0.1) is 0 Å². The Morgan fingerprint density at radius 2 is 2.07 bits per heavy atom. The molecule has 14 heavy (non-hydrogen) atoms. The first-order chi connectivity index (χ1) is 6.85. The minimum Gasteiger partial charge on any atom is -0.0848 e. The fourth-order valence-electron chi connectivity index (χ4n) is 3.25. The van der Waals surface area contributed by atoms with Crippen LogP contribution in [0.15, 0.2) is 12.2 Å². The molecule has 2 aliphatic carbocycles. The molecule has 0 aromatic rings. The van der Waals surface area contributed by atoms with E-state index >= 15 is 0 Å². The highest BCUT2D eigenvalue weighted by molar-refractivity contribution is 5.15. The molecule has 0 N–H and O–H groups in total. The molecule has 0 aliphatic heterocycles. The molecule has 1 saturated carbocycles. The predicted molar refractivity (Wildman–Crippen MR) is 62.3 cm³/mol. The molecule has 0 aromatic heterocycles. The minimum absolute atomic E-state index is 0.677. The van der Waals surface area contributed by atoms with Crippen LogP contribution in [-0.2, 0) is 0 Å². The van der Waals surface area contributed by atoms with Crippen molar-refractivity contribution in [2.45, 2.75) is 64.7 Å². The summed E-state index contributed by atoms with van der Waals surface area (Å²) in [4.78, 5) is 0. The van der Waals surface area contributed by atoms with Crippen LogP contribution in [0.5, 0.6) is 0 Å². The van der Waals surface area contributed by atoms with Gasteiger partial charge in [0.1, 0.15) is 0 Å². The molecule has 2 atom stereocenters. The van der Waals surface area contributed by atoms with E-state index in [2.05, 4.69) is 19.1 Å². The molecule has 80 valence electrons. The van der Waals surface area contributed by atoms with Crippen LogP contribution < -0.4 is 0 Å². The first-order valence-corrected chi connectivity index (χ1v) is 6.54. The van der Waals surface area contributed by atoms with Gasteiger partial charge in [0.2, 0.25) is 0 Å². The molecule has 0 aromatic carbocycles. The van der Waals surface area contributed by atoms with Crippen LogP contribution >= 0.6 is 0 Å². The lowest BCUT2D eigenvalue weighted by molar-refractivity contribution is 0.351. The molecular formula is C14H24. The monoisotopic (exact) mass is 192 g/mol. The van der Waals surface area contributed by atoms with Crippen LogP contribution in [-0.4, -0.2) is 0 Å². The number of hydrogen-bond acceptors (Lipinski definition) is 0. The molecule has 0 heteroatoms. The van der Waals surface area contributed by atoms with Gasteiger partial charge in [-0.25, -0.2) is 0 Å². The molecule has 2 aliphatic rings. The van der Waals surface area contributed by atoms with E-state index in [0.29, 0.717) is 5.41 Å². The summed E-state index contributed by atoms with van der Waals surface area (Å²) in [6.07, 6.45) is 18.2. The van der Waals surface area contributed by atoms with Crippen molar-refractivity contribution in [1.82, 2.24) is 0 Å². The van der Waals surface area contributed by atoms with Crippen molar-refractivity contribution in [1.29, 1.82) is 0 Å². The van der Waals surface area contributed by atoms with Gasteiger partial charge in [0, 0.05) is 0 Å². The molecule has 0 nitrogen and oxygen atoms in total. The van der Waals surface area contributed by atoms with Gasteiger partial charge >= 0.3 is 0 Å². The maximum atomic E-state index is 2.54. The van der Waals surface area contributed by atoms with Crippen molar-refractivity contribution in [3.05, 3.63) is 12.2 Å². The van der Waals surface area contributed by atoms with E-state index < -0.39 is 0 Å². The standard InChI is InChI=1S/C14H24/c1-2-3-4-5-6-9-14-10-7-13(12-14)8-11-14/h7,10,13H,2-6,8-9,11-12H2,1H3/t13-,14+/m0/s1. The number of fused-ring (bicyclic) bond motifs is 2. The number of rotatable bonds is 6. The number of unbranched alkanes of at least 4 members (excludes halogenated alkanes) is 4. The Morgan fingerprint density at radius 3 is 2.64 bits per heavy atom. The Kier molecular flexibility index (Phi) is 3.30. The number of allylic oxidation sites excluding steroid dienone is 2. The molecule has 0 amide bonds. The second-order valence-corrected chi connectivity index (χ2v) is 5.39. The van der Waals surface area contributed by atoms with Crippen molar-refractivity contribution in [3.63, 3.8) is 0 Å². The zero-order chi connectivity index (χ0) is 9.86. The molecule has 2 bridgehead atoms. The van der Waals surface area contributed by atoms with Crippen molar-refractivity contribution in [3.8, 4) is 0 Å². The van der Waals surface area contributed by atoms with Crippen molar-refractivity contribution < 1.29 is 0 Å². The van der Waals surface area contributed by atoms with E-state index in [9.17, 15) is 0 Å². The third-order valence-electron chi connectivity index (χ3n) is 4.18. The van der Waals surface area contributed by atoms with E-state index in [-0.39, 0.29) is 0 Å². The summed E-state index contributed by atoms with van der Waals surface area (Å²) in [5.74, 6) is 0.964. The Bertz CT molecular complexity index is 204. The summed E-state index contributed by atoms with van der Waals surface area (Å²) in [7, 11) is 0. The fourth-order valence-corrected chi connectivity index (χ4v) is 3.25. The van der Waals surface area contributed by atoms with Gasteiger partial charge in [0.15, 0.2) is 0 Å². The summed E-state index contributed by atoms with van der Waals surface area (Å²) >= 11 is 0. The Balaban J connectivity index is 1.63. The van der Waals surface area contributed by atoms with Gasteiger partial charge in [-0.3, -0.25) is 0 Å². The second-order valence-electron chi connectivity index (χ2n) is 5.39. The fraction of sp³-hybridized carbons (Fsp3) is 0.857. The Labute approximate surface area is 88.8 Å². The predicted octanol–water partition coefficient (Wildman–Crippen LogP) is 4.70. The van der Waals surface area contributed by atoms with Crippen LogP contribution in [0.2, 0.25) is 0 Å². The second kappa shape index (κ2) is 4.51. The van der Waals surface area contributed by atoms with Crippen molar-refractivity contribution >= 4 is 0 Å². The van der Waals surface area contributed by atoms with Gasteiger partial charge in [0.25, 0.3) is 0 Å².